The van der Waals surface area contributed by atoms with E-state index in [9.17, 15) is 10.4 Å². The molecule has 7 rings (SSSR count). The summed E-state index contributed by atoms with van der Waals surface area (Å²) < 4.78 is 11.9. The average molecular weight is 567 g/mol. The van der Waals surface area contributed by atoms with Gasteiger partial charge in [-0.05, 0) is 51.0 Å². The zero-order valence-electron chi connectivity index (χ0n) is 23.2. The highest BCUT2D eigenvalue weighted by molar-refractivity contribution is 7.16. The van der Waals surface area contributed by atoms with Crippen LogP contribution in [0.15, 0.2) is 0 Å². The Hall–Kier alpha value is -2.72. The summed E-state index contributed by atoms with van der Waals surface area (Å²) in [4.78, 5) is 22.5. The summed E-state index contributed by atoms with van der Waals surface area (Å²) in [5, 5.41) is 20.9. The van der Waals surface area contributed by atoms with Crippen LogP contribution in [-0.2, 0) is 16.6 Å². The van der Waals surface area contributed by atoms with E-state index in [1.807, 2.05) is 6.92 Å². The topological polar surface area (TPSA) is 137 Å². The third kappa shape index (κ3) is 4.76. The first-order valence-electron chi connectivity index (χ1n) is 14.5. The number of hydrogen-bond acceptors (Lipinski definition) is 12. The molecule has 0 bridgehead atoms. The first-order valence-corrected chi connectivity index (χ1v) is 15.3. The Morgan fingerprint density at radius 1 is 1.02 bits per heavy atom. The van der Waals surface area contributed by atoms with Crippen LogP contribution in [0.2, 0.25) is 0 Å². The zero-order chi connectivity index (χ0) is 27.5. The minimum absolute atomic E-state index is 0.0671. The molecule has 2 aromatic heterocycles. The predicted molar refractivity (Wildman–Crippen MR) is 152 cm³/mol. The fraction of sp³-hybridized carbons (Fsp3) is 0.714. The number of rotatable bonds is 7. The second-order valence-corrected chi connectivity index (χ2v) is 13.9. The third-order valence-corrected chi connectivity index (χ3v) is 10.7. The minimum atomic E-state index is -0.658. The van der Waals surface area contributed by atoms with Gasteiger partial charge in [-0.1, -0.05) is 0 Å². The average Bonchev–Trinajstić information content (AvgIpc) is 3.47. The van der Waals surface area contributed by atoms with Gasteiger partial charge in [-0.25, -0.2) is 0 Å². The highest BCUT2D eigenvalue weighted by Gasteiger charge is 2.52. The van der Waals surface area contributed by atoms with E-state index in [1.54, 1.807) is 11.3 Å². The smallest absolute Gasteiger partial charge is 0.323 e. The lowest BCUT2D eigenvalue weighted by Gasteiger charge is -2.48. The molecule has 11 nitrogen and oxygen atoms in total. The Bertz CT molecular complexity index is 1310. The number of nitrogen functional groups attached to an aromatic ring is 1. The number of hydrogen-bond donors (Lipinski definition) is 2. The van der Waals surface area contributed by atoms with Crippen LogP contribution in [0, 0.1) is 16.7 Å². The molecular formula is C28H38N8O3S. The Morgan fingerprint density at radius 3 is 2.40 bits per heavy atom. The molecule has 1 saturated carbocycles. The second kappa shape index (κ2) is 9.69. The van der Waals surface area contributed by atoms with Crippen LogP contribution in [0.5, 0.6) is 6.01 Å². The Labute approximate surface area is 238 Å². The first kappa shape index (κ1) is 26.2. The highest BCUT2D eigenvalue weighted by Crippen LogP contribution is 2.52. The molecule has 4 fully saturated rings. The number of aryl methyl sites for hydroxylation is 1. The molecule has 3 N–H and O–H groups in total. The molecular weight excluding hydrogens is 528 g/mol. The van der Waals surface area contributed by atoms with Crippen molar-refractivity contribution in [2.75, 3.05) is 81.2 Å². The fourth-order valence-corrected chi connectivity index (χ4v) is 7.95. The lowest BCUT2D eigenvalue weighted by atomic mass is 9.74. The summed E-state index contributed by atoms with van der Waals surface area (Å²) in [6.45, 7) is 9.92. The normalized spacial score (nSPS) is 24.4. The Morgan fingerprint density at radius 2 is 1.73 bits per heavy atom. The molecule has 0 radical (unpaired) electrons. The van der Waals surface area contributed by atoms with Gasteiger partial charge in [0.25, 0.3) is 0 Å². The van der Waals surface area contributed by atoms with Crippen LogP contribution in [-0.4, -0.2) is 96.2 Å². The summed E-state index contributed by atoms with van der Waals surface area (Å²) in [5.74, 6) is 1.23. The van der Waals surface area contributed by atoms with E-state index in [2.05, 4.69) is 20.8 Å². The number of nitrogens with two attached hydrogens (primary N) is 1. The summed E-state index contributed by atoms with van der Waals surface area (Å²) in [7, 11) is 0. The van der Waals surface area contributed by atoms with Crippen LogP contribution >= 0.6 is 11.3 Å². The number of piperidine rings is 1. The van der Waals surface area contributed by atoms with E-state index in [1.165, 1.54) is 4.88 Å². The van der Waals surface area contributed by atoms with Crippen molar-refractivity contribution in [3.05, 3.63) is 16.0 Å². The van der Waals surface area contributed by atoms with Gasteiger partial charge in [-0.2, -0.15) is 20.2 Å². The standard InChI is InChI=1S/C28H38N8O3S/c1-26(37)6-8-35(9-7-26)23-31-24(36-16-28(17-36)3-2-20-21(28)19(14-29)22(30)40-20)33-25(32-23)39-18-27(4-5-27)15-34-10-12-38-13-11-34/h37H,2-13,15-18,30H2,1H3. The van der Waals surface area contributed by atoms with Gasteiger partial charge >= 0.3 is 6.01 Å². The maximum atomic E-state index is 10.5. The van der Waals surface area contributed by atoms with Crippen LogP contribution in [0.25, 0.3) is 0 Å². The van der Waals surface area contributed by atoms with Crippen molar-refractivity contribution in [1.82, 2.24) is 19.9 Å². The van der Waals surface area contributed by atoms with Crippen LogP contribution in [0.4, 0.5) is 16.9 Å². The molecule has 3 saturated heterocycles. The quantitative estimate of drug-likeness (QED) is 0.509. The van der Waals surface area contributed by atoms with E-state index in [0.29, 0.717) is 61.0 Å². The lowest BCUT2D eigenvalue weighted by Crippen LogP contribution is -2.59. The Kier molecular flexibility index (Phi) is 6.34. The molecule has 3 aliphatic heterocycles. The number of aliphatic hydroxyl groups is 1. The van der Waals surface area contributed by atoms with Crippen molar-refractivity contribution in [2.45, 2.75) is 56.5 Å². The van der Waals surface area contributed by atoms with E-state index < -0.39 is 5.60 Å². The summed E-state index contributed by atoms with van der Waals surface area (Å²) >= 11 is 1.57. The number of aromatic nitrogens is 3. The van der Waals surface area contributed by atoms with Crippen molar-refractivity contribution < 1.29 is 14.6 Å². The number of ether oxygens (including phenoxy) is 2. The van der Waals surface area contributed by atoms with E-state index in [0.717, 1.165) is 77.2 Å². The largest absolute Gasteiger partial charge is 0.463 e. The number of thiophene rings is 1. The van der Waals surface area contributed by atoms with Crippen molar-refractivity contribution in [3.8, 4) is 12.1 Å². The second-order valence-electron chi connectivity index (χ2n) is 12.8. The SMILES string of the molecule is CC1(O)CCN(c2nc(OCC3(CN4CCOCC4)CC3)nc(N3CC4(CCc5sc(N)c(C#N)c54)C3)n2)CC1. The van der Waals surface area contributed by atoms with Crippen molar-refractivity contribution in [1.29, 1.82) is 5.26 Å². The summed E-state index contributed by atoms with van der Waals surface area (Å²) in [6.07, 6.45) is 5.62. The zero-order valence-corrected chi connectivity index (χ0v) is 24.0. The van der Waals surface area contributed by atoms with Crippen LogP contribution in [0.1, 0.15) is 55.0 Å². The number of nitriles is 1. The van der Waals surface area contributed by atoms with Gasteiger partial charge in [0.2, 0.25) is 11.9 Å². The number of anilines is 3. The molecule has 5 heterocycles. The molecule has 0 atom stereocenters. The van der Waals surface area contributed by atoms with Gasteiger partial charge < -0.3 is 30.1 Å². The number of fused-ring (bicyclic) bond motifs is 2. The molecule has 0 aromatic carbocycles. The van der Waals surface area contributed by atoms with Crippen molar-refractivity contribution in [2.24, 2.45) is 5.41 Å². The fourth-order valence-electron chi connectivity index (χ4n) is 6.81. The minimum Gasteiger partial charge on any atom is -0.463 e. The van der Waals surface area contributed by atoms with Gasteiger partial charge in [0.15, 0.2) is 0 Å². The van der Waals surface area contributed by atoms with E-state index in [-0.39, 0.29) is 10.8 Å². The van der Waals surface area contributed by atoms with Gasteiger partial charge in [0, 0.05) is 61.5 Å². The molecule has 2 aromatic rings. The molecule has 5 aliphatic rings. The molecule has 1 spiro atoms. The summed E-state index contributed by atoms with van der Waals surface area (Å²) in [5.41, 5.74) is 7.42. The van der Waals surface area contributed by atoms with E-state index >= 15 is 0 Å². The lowest BCUT2D eigenvalue weighted by molar-refractivity contribution is 0.0231. The molecule has 2 aliphatic carbocycles. The Balaban J connectivity index is 1.11. The molecule has 214 valence electrons. The highest BCUT2D eigenvalue weighted by atomic mass is 32.1. The van der Waals surface area contributed by atoms with Crippen LogP contribution in [0.3, 0.4) is 0 Å². The molecule has 0 amide bonds. The molecule has 0 unspecified atom stereocenters. The first-order chi connectivity index (χ1) is 19.3. The molecule has 40 heavy (non-hydrogen) atoms. The van der Waals surface area contributed by atoms with Crippen molar-refractivity contribution >= 4 is 28.2 Å². The van der Waals surface area contributed by atoms with Gasteiger partial charge in [-0.3, -0.25) is 4.90 Å². The summed E-state index contributed by atoms with van der Waals surface area (Å²) in [6, 6.07) is 2.73. The predicted octanol–water partition coefficient (Wildman–Crippen LogP) is 1.93. The van der Waals surface area contributed by atoms with Gasteiger partial charge in [0.1, 0.15) is 11.1 Å². The van der Waals surface area contributed by atoms with Gasteiger partial charge in [-0.15, -0.1) is 11.3 Å². The van der Waals surface area contributed by atoms with E-state index in [4.69, 9.17) is 30.2 Å². The third-order valence-electron chi connectivity index (χ3n) is 9.59. The van der Waals surface area contributed by atoms with Crippen LogP contribution < -0.4 is 20.3 Å². The van der Waals surface area contributed by atoms with Crippen molar-refractivity contribution in [3.63, 3.8) is 0 Å². The van der Waals surface area contributed by atoms with Gasteiger partial charge in [0.05, 0.1) is 31.0 Å². The monoisotopic (exact) mass is 566 g/mol. The number of nitrogens with zero attached hydrogens (tertiary/aromatic N) is 7. The molecule has 12 heteroatoms. The maximum Gasteiger partial charge on any atom is 0.323 e. The maximum absolute atomic E-state index is 10.5. The number of morpholine rings is 1.